The Balaban J connectivity index is 1.89. The van der Waals surface area contributed by atoms with Gasteiger partial charge in [0.25, 0.3) is 0 Å². The lowest BCUT2D eigenvalue weighted by Crippen LogP contribution is -2.56. The first-order chi connectivity index (χ1) is 11.5. The molecular weight excluding hydrogens is 304 g/mol. The van der Waals surface area contributed by atoms with Gasteiger partial charge in [-0.25, -0.2) is 0 Å². The highest BCUT2D eigenvalue weighted by Gasteiger charge is 2.51. The molecule has 2 amide bonds. The van der Waals surface area contributed by atoms with Crippen molar-refractivity contribution in [1.82, 2.24) is 10.2 Å². The second-order valence-corrected chi connectivity index (χ2v) is 7.23. The van der Waals surface area contributed by atoms with Crippen molar-refractivity contribution in [2.24, 2.45) is 0 Å². The molecule has 2 saturated heterocycles. The van der Waals surface area contributed by atoms with E-state index < -0.39 is 12.1 Å². The Bertz CT molecular complexity index is 604. The third-order valence-corrected chi connectivity index (χ3v) is 5.42. The van der Waals surface area contributed by atoms with Crippen LogP contribution >= 0.6 is 0 Å². The number of aliphatic hydroxyl groups excluding tert-OH is 1. The number of benzene rings is 1. The fourth-order valence-corrected chi connectivity index (χ4v) is 4.40. The predicted molar refractivity (Wildman–Crippen MR) is 91.3 cm³/mol. The summed E-state index contributed by atoms with van der Waals surface area (Å²) in [6.07, 6.45) is 4.68. The molecule has 0 unspecified atom stereocenters. The molecule has 0 bridgehead atoms. The molecular formula is C19H26N2O3. The fraction of sp³-hybridized carbons (Fsp3) is 0.579. The topological polar surface area (TPSA) is 69.6 Å². The average molecular weight is 330 g/mol. The van der Waals surface area contributed by atoms with Crippen molar-refractivity contribution < 1.29 is 14.7 Å². The Morgan fingerprint density at radius 3 is 2.79 bits per heavy atom. The lowest BCUT2D eigenvalue weighted by Gasteiger charge is -2.38. The van der Waals surface area contributed by atoms with E-state index in [9.17, 15) is 14.7 Å². The van der Waals surface area contributed by atoms with E-state index >= 15 is 0 Å². The van der Waals surface area contributed by atoms with Crippen molar-refractivity contribution in [2.75, 3.05) is 6.61 Å². The number of likely N-dealkylation sites (tertiary alicyclic amines) is 1. The first-order valence-corrected chi connectivity index (χ1v) is 8.80. The van der Waals surface area contributed by atoms with E-state index in [2.05, 4.69) is 17.4 Å². The number of amides is 2. The third kappa shape index (κ3) is 3.31. The standard InChI is InChI=1S/C19H26N2O3/c1-19-12-15(11-14-7-3-2-4-8-14)21(18(24)13-22)16(19)9-5-6-10-17(23)20-19/h2-4,7-8,15-16,22H,5-6,9-13H2,1H3,(H,20,23)/t15-,16+,19+/m1/s1. The minimum absolute atomic E-state index is 0.000417. The molecule has 0 spiro atoms. The molecule has 0 aliphatic carbocycles. The minimum Gasteiger partial charge on any atom is -0.387 e. The SMILES string of the molecule is C[C@]12C[C@@H](Cc3ccccc3)N(C(=O)CO)[C@H]1CCCCC(=O)N2. The molecule has 5 heteroatoms. The van der Waals surface area contributed by atoms with E-state index in [1.165, 1.54) is 5.56 Å². The largest absolute Gasteiger partial charge is 0.387 e. The molecule has 1 aromatic carbocycles. The quantitative estimate of drug-likeness (QED) is 0.885. The van der Waals surface area contributed by atoms with Gasteiger partial charge in [-0.1, -0.05) is 36.8 Å². The smallest absolute Gasteiger partial charge is 0.248 e. The van der Waals surface area contributed by atoms with E-state index in [1.807, 2.05) is 30.0 Å². The van der Waals surface area contributed by atoms with E-state index in [0.717, 1.165) is 32.1 Å². The summed E-state index contributed by atoms with van der Waals surface area (Å²) in [7, 11) is 0. The van der Waals surface area contributed by atoms with E-state index in [4.69, 9.17) is 0 Å². The lowest BCUT2D eigenvalue weighted by atomic mass is 9.85. The van der Waals surface area contributed by atoms with E-state index in [0.29, 0.717) is 6.42 Å². The molecule has 3 rings (SSSR count). The van der Waals surface area contributed by atoms with Crippen LogP contribution in [0.2, 0.25) is 0 Å². The second-order valence-electron chi connectivity index (χ2n) is 7.23. The average Bonchev–Trinajstić information content (AvgIpc) is 2.81. The van der Waals surface area contributed by atoms with Crippen molar-refractivity contribution in [3.8, 4) is 0 Å². The predicted octanol–water partition coefficient (Wildman–Crippen LogP) is 1.64. The summed E-state index contributed by atoms with van der Waals surface area (Å²) < 4.78 is 0. The number of carbonyl (C=O) groups excluding carboxylic acids is 2. The van der Waals surface area contributed by atoms with Gasteiger partial charge in [0, 0.05) is 12.5 Å². The maximum Gasteiger partial charge on any atom is 0.248 e. The van der Waals surface area contributed by atoms with Gasteiger partial charge in [-0.2, -0.15) is 0 Å². The Kier molecular flexibility index (Phi) is 4.90. The van der Waals surface area contributed by atoms with Gasteiger partial charge < -0.3 is 15.3 Å². The van der Waals surface area contributed by atoms with Crippen LogP contribution in [-0.4, -0.2) is 46.1 Å². The van der Waals surface area contributed by atoms with Crippen LogP contribution in [0.25, 0.3) is 0 Å². The van der Waals surface area contributed by atoms with Crippen LogP contribution in [0.5, 0.6) is 0 Å². The molecule has 2 N–H and O–H groups in total. The number of hydrogen-bond acceptors (Lipinski definition) is 3. The summed E-state index contributed by atoms with van der Waals surface area (Å²) in [5.74, 6) is -0.168. The van der Waals surface area contributed by atoms with Crippen LogP contribution in [0.4, 0.5) is 0 Å². The van der Waals surface area contributed by atoms with Gasteiger partial charge in [0.2, 0.25) is 11.8 Å². The van der Waals surface area contributed by atoms with Gasteiger partial charge in [-0.05, 0) is 38.2 Å². The summed E-state index contributed by atoms with van der Waals surface area (Å²) in [6.45, 7) is 1.56. The number of hydrogen-bond donors (Lipinski definition) is 2. The van der Waals surface area contributed by atoms with Crippen LogP contribution in [0.1, 0.15) is 44.6 Å². The molecule has 2 fully saturated rings. The first-order valence-electron chi connectivity index (χ1n) is 8.80. The zero-order chi connectivity index (χ0) is 17.2. The fourth-order valence-electron chi connectivity index (χ4n) is 4.40. The highest BCUT2D eigenvalue weighted by Crippen LogP contribution is 2.38. The summed E-state index contributed by atoms with van der Waals surface area (Å²) >= 11 is 0. The van der Waals surface area contributed by atoms with Crippen LogP contribution in [0.15, 0.2) is 30.3 Å². The molecule has 0 radical (unpaired) electrons. The van der Waals surface area contributed by atoms with Gasteiger partial charge in [-0.15, -0.1) is 0 Å². The number of carbonyl (C=O) groups is 2. The zero-order valence-electron chi connectivity index (χ0n) is 14.2. The molecule has 0 aromatic heterocycles. The Hall–Kier alpha value is -1.88. The minimum atomic E-state index is -0.480. The molecule has 130 valence electrons. The number of nitrogens with zero attached hydrogens (tertiary/aromatic N) is 1. The van der Waals surface area contributed by atoms with Crippen molar-refractivity contribution in [1.29, 1.82) is 0 Å². The number of nitrogens with one attached hydrogen (secondary N) is 1. The van der Waals surface area contributed by atoms with Crippen LogP contribution in [0.3, 0.4) is 0 Å². The van der Waals surface area contributed by atoms with Crippen molar-refractivity contribution in [3.63, 3.8) is 0 Å². The maximum absolute atomic E-state index is 12.5. The molecule has 2 aliphatic rings. The first kappa shape index (κ1) is 17.0. The van der Waals surface area contributed by atoms with E-state index in [1.54, 1.807) is 0 Å². The highest BCUT2D eigenvalue weighted by molar-refractivity contribution is 5.80. The Morgan fingerprint density at radius 2 is 2.08 bits per heavy atom. The van der Waals surface area contributed by atoms with Gasteiger partial charge in [0.05, 0.1) is 11.6 Å². The Morgan fingerprint density at radius 1 is 1.33 bits per heavy atom. The number of rotatable bonds is 3. The number of fused-ring (bicyclic) bond motifs is 1. The Labute approximate surface area is 143 Å². The summed E-state index contributed by atoms with van der Waals surface area (Å²) in [4.78, 5) is 26.4. The third-order valence-electron chi connectivity index (χ3n) is 5.42. The molecule has 2 heterocycles. The highest BCUT2D eigenvalue weighted by atomic mass is 16.3. The molecule has 2 aliphatic heterocycles. The van der Waals surface area contributed by atoms with Crippen LogP contribution < -0.4 is 5.32 Å². The van der Waals surface area contributed by atoms with Gasteiger partial charge in [-0.3, -0.25) is 9.59 Å². The second kappa shape index (κ2) is 6.93. The van der Waals surface area contributed by atoms with Gasteiger partial charge >= 0.3 is 0 Å². The summed E-state index contributed by atoms with van der Waals surface area (Å²) in [6, 6.07) is 10.0. The summed E-state index contributed by atoms with van der Waals surface area (Å²) in [5.41, 5.74) is 0.754. The van der Waals surface area contributed by atoms with Crippen molar-refractivity contribution in [3.05, 3.63) is 35.9 Å². The van der Waals surface area contributed by atoms with Gasteiger partial charge in [0.1, 0.15) is 6.61 Å². The van der Waals surface area contributed by atoms with Crippen LogP contribution in [-0.2, 0) is 16.0 Å². The molecule has 0 saturated carbocycles. The van der Waals surface area contributed by atoms with Crippen LogP contribution in [0, 0.1) is 0 Å². The normalized spacial score (nSPS) is 30.2. The molecule has 24 heavy (non-hydrogen) atoms. The molecule has 5 nitrogen and oxygen atoms in total. The number of aliphatic hydroxyl groups is 1. The molecule has 3 atom stereocenters. The zero-order valence-corrected chi connectivity index (χ0v) is 14.2. The van der Waals surface area contributed by atoms with E-state index in [-0.39, 0.29) is 23.9 Å². The van der Waals surface area contributed by atoms with Crippen molar-refractivity contribution >= 4 is 11.8 Å². The summed E-state index contributed by atoms with van der Waals surface area (Å²) in [5, 5.41) is 12.6. The lowest BCUT2D eigenvalue weighted by molar-refractivity contribution is -0.138. The molecule has 1 aromatic rings. The maximum atomic E-state index is 12.5. The van der Waals surface area contributed by atoms with Crippen molar-refractivity contribution in [2.45, 2.75) is 63.1 Å². The monoisotopic (exact) mass is 330 g/mol. The van der Waals surface area contributed by atoms with Gasteiger partial charge in [0.15, 0.2) is 0 Å².